The minimum absolute atomic E-state index is 0.109. The van der Waals surface area contributed by atoms with Crippen LogP contribution in [0.2, 0.25) is 0 Å². The maximum atomic E-state index is 13.7. The van der Waals surface area contributed by atoms with Gasteiger partial charge in [-0.1, -0.05) is 90.1 Å². The molecule has 0 amide bonds. The van der Waals surface area contributed by atoms with E-state index in [1.165, 1.54) is 0 Å². The van der Waals surface area contributed by atoms with Crippen LogP contribution in [0.15, 0.2) is 70.5 Å². The molecule has 8 heteroatoms. The molecule has 0 atom stereocenters. The lowest BCUT2D eigenvalue weighted by Crippen LogP contribution is -2.21. The normalized spacial score (nSPS) is 13.4. The van der Waals surface area contributed by atoms with Crippen molar-refractivity contribution in [2.45, 2.75) is 62.2 Å². The number of hydrogen-bond donors (Lipinski definition) is 1. The molecule has 0 aliphatic heterocycles. The zero-order valence-corrected chi connectivity index (χ0v) is 23.7. The van der Waals surface area contributed by atoms with Crippen molar-refractivity contribution in [3.63, 3.8) is 0 Å². The van der Waals surface area contributed by atoms with E-state index in [1.54, 1.807) is 30.3 Å². The maximum Gasteiger partial charge on any atom is 0.297 e. The van der Waals surface area contributed by atoms with Crippen molar-refractivity contribution in [3.05, 3.63) is 71.8 Å². The minimum atomic E-state index is -4.81. The summed E-state index contributed by atoms with van der Waals surface area (Å²) in [6, 6.07) is 18.0. The van der Waals surface area contributed by atoms with Crippen LogP contribution < -0.4 is 0 Å². The lowest BCUT2D eigenvalue weighted by atomic mass is 9.80. The molecule has 0 fully saturated rings. The smallest absolute Gasteiger partial charge is 0.282 e. The fourth-order valence-electron chi connectivity index (χ4n) is 4.88. The molecule has 4 aromatic rings. The monoisotopic (exact) mass is 540 g/mol. The van der Waals surface area contributed by atoms with Crippen molar-refractivity contribution < 1.29 is 25.6 Å². The summed E-state index contributed by atoms with van der Waals surface area (Å²) < 4.78 is 69.4. The van der Waals surface area contributed by atoms with Crippen molar-refractivity contribution in [1.29, 1.82) is 0 Å². The summed E-state index contributed by atoms with van der Waals surface area (Å²) >= 11 is 0. The quantitative estimate of drug-likeness (QED) is 0.225. The van der Waals surface area contributed by atoms with Crippen LogP contribution >= 0.6 is 0 Å². The molecule has 0 radical (unpaired) electrons. The van der Waals surface area contributed by atoms with Gasteiger partial charge in [0.15, 0.2) is 0 Å². The Kier molecular flexibility index (Phi) is 6.56. The topological polar surface area (TPSA) is 97.7 Å². The summed E-state index contributed by atoms with van der Waals surface area (Å²) in [5.74, 6) is 0. The van der Waals surface area contributed by atoms with E-state index in [0.29, 0.717) is 21.9 Å². The number of benzene rings is 4. The second kappa shape index (κ2) is 8.91. The van der Waals surface area contributed by atoms with Gasteiger partial charge < -0.3 is 0 Å². The third-order valence-corrected chi connectivity index (χ3v) is 8.90. The zero-order valence-electron chi connectivity index (χ0n) is 22.1. The van der Waals surface area contributed by atoms with E-state index in [1.807, 2.05) is 71.9 Å². The van der Waals surface area contributed by atoms with E-state index >= 15 is 0 Å². The molecule has 4 rings (SSSR count). The van der Waals surface area contributed by atoms with Gasteiger partial charge in [0.25, 0.3) is 20.2 Å². The third-order valence-electron chi connectivity index (χ3n) is 6.60. The number of rotatable bonds is 4. The second-order valence-electron chi connectivity index (χ2n) is 11.3. The molecule has 0 heterocycles. The van der Waals surface area contributed by atoms with Crippen LogP contribution in [-0.4, -0.2) is 28.5 Å². The van der Waals surface area contributed by atoms with E-state index in [0.717, 1.165) is 17.9 Å². The van der Waals surface area contributed by atoms with Crippen LogP contribution in [0.3, 0.4) is 0 Å². The number of hydrogen-bond acceptors (Lipinski definition) is 5. The Morgan fingerprint density at radius 3 is 1.41 bits per heavy atom. The lowest BCUT2D eigenvalue weighted by Gasteiger charge is -2.29. The summed E-state index contributed by atoms with van der Waals surface area (Å²) in [6.07, 6.45) is 0. The molecule has 0 spiro atoms. The molecule has 0 unspecified atom stereocenters. The highest BCUT2D eigenvalue weighted by atomic mass is 32.2. The average molecular weight is 541 g/mol. The predicted molar refractivity (Wildman–Crippen MR) is 148 cm³/mol. The standard InChI is InChI=1S/C29H32O6S2/c1-28(2,3)22-16-18-12-8-10-14-20(18)24(26(22)36(30,31)32)25-21-15-11-9-13-19(21)17-23(29(4,5)6)27(25)37(33,34)35-7/h8-17H,1-7H3,(H,30,31,32). The van der Waals surface area contributed by atoms with Gasteiger partial charge in [0.1, 0.15) is 9.79 Å². The van der Waals surface area contributed by atoms with E-state index in [9.17, 15) is 21.4 Å². The molecule has 0 aromatic heterocycles. The van der Waals surface area contributed by atoms with E-state index in [2.05, 4.69) is 0 Å². The first-order chi connectivity index (χ1) is 17.0. The second-order valence-corrected chi connectivity index (χ2v) is 14.3. The van der Waals surface area contributed by atoms with Crippen molar-refractivity contribution in [1.82, 2.24) is 0 Å². The molecule has 0 aliphatic rings. The predicted octanol–water partition coefficient (Wildman–Crippen LogP) is 6.84. The van der Waals surface area contributed by atoms with Crippen LogP contribution in [0.5, 0.6) is 0 Å². The summed E-state index contributed by atoms with van der Waals surface area (Å²) in [4.78, 5) is -0.412. The molecule has 4 aromatic carbocycles. The fraction of sp³-hybridized carbons (Fsp3) is 0.310. The Hall–Kier alpha value is -2.78. The van der Waals surface area contributed by atoms with Crippen molar-refractivity contribution >= 4 is 41.8 Å². The molecule has 0 saturated heterocycles. The fourth-order valence-corrected chi connectivity index (χ4v) is 7.25. The van der Waals surface area contributed by atoms with Gasteiger partial charge in [-0.15, -0.1) is 0 Å². The molecule has 6 nitrogen and oxygen atoms in total. The van der Waals surface area contributed by atoms with Gasteiger partial charge in [-0.25, -0.2) is 0 Å². The van der Waals surface area contributed by atoms with E-state index in [4.69, 9.17) is 4.18 Å². The average Bonchev–Trinajstić information content (AvgIpc) is 2.79. The summed E-state index contributed by atoms with van der Waals surface area (Å²) in [5, 5.41) is 2.50. The van der Waals surface area contributed by atoms with Crippen LogP contribution in [0.1, 0.15) is 52.7 Å². The van der Waals surface area contributed by atoms with Crippen molar-refractivity contribution in [2.75, 3.05) is 7.11 Å². The molecule has 37 heavy (non-hydrogen) atoms. The van der Waals surface area contributed by atoms with Crippen LogP contribution in [-0.2, 0) is 35.2 Å². The van der Waals surface area contributed by atoms with E-state index < -0.39 is 31.1 Å². The highest BCUT2D eigenvalue weighted by Gasteiger charge is 2.36. The molecular formula is C29H32O6S2. The Labute approximate surface area is 219 Å². The molecule has 0 saturated carbocycles. The Morgan fingerprint density at radius 1 is 0.649 bits per heavy atom. The van der Waals surface area contributed by atoms with Crippen LogP contribution in [0.4, 0.5) is 0 Å². The van der Waals surface area contributed by atoms with Gasteiger partial charge >= 0.3 is 0 Å². The first-order valence-corrected chi connectivity index (χ1v) is 14.7. The molecular weight excluding hydrogens is 508 g/mol. The molecule has 1 N–H and O–H groups in total. The van der Waals surface area contributed by atoms with Gasteiger partial charge in [0, 0.05) is 11.1 Å². The molecule has 196 valence electrons. The molecule has 0 aliphatic carbocycles. The number of fused-ring (bicyclic) bond motifs is 2. The minimum Gasteiger partial charge on any atom is -0.282 e. The van der Waals surface area contributed by atoms with Crippen molar-refractivity contribution in [3.8, 4) is 11.1 Å². The third kappa shape index (κ3) is 4.79. The zero-order chi connectivity index (χ0) is 27.6. The Morgan fingerprint density at radius 2 is 1.03 bits per heavy atom. The summed E-state index contributed by atoms with van der Waals surface area (Å²) in [5.41, 5.74) is -0.135. The summed E-state index contributed by atoms with van der Waals surface area (Å²) in [7, 11) is -8.05. The van der Waals surface area contributed by atoms with Crippen LogP contribution in [0.25, 0.3) is 32.7 Å². The van der Waals surface area contributed by atoms with Gasteiger partial charge in [-0.05, 0) is 55.6 Å². The lowest BCUT2D eigenvalue weighted by molar-refractivity contribution is 0.395. The highest BCUT2D eigenvalue weighted by Crippen LogP contribution is 2.48. The summed E-state index contributed by atoms with van der Waals surface area (Å²) in [6.45, 7) is 11.2. The Balaban J connectivity index is 2.50. The van der Waals surface area contributed by atoms with E-state index in [-0.39, 0.29) is 20.9 Å². The van der Waals surface area contributed by atoms with Gasteiger partial charge in [0.05, 0.1) is 7.11 Å². The van der Waals surface area contributed by atoms with Gasteiger partial charge in [-0.2, -0.15) is 16.8 Å². The van der Waals surface area contributed by atoms with Gasteiger partial charge in [-0.3, -0.25) is 8.74 Å². The first-order valence-electron chi connectivity index (χ1n) is 11.9. The molecule has 0 bridgehead atoms. The SMILES string of the molecule is COS(=O)(=O)c1c(C(C)(C)C)cc2ccccc2c1-c1c(S(=O)(=O)O)c(C(C)(C)C)cc2ccccc12. The van der Waals surface area contributed by atoms with Gasteiger partial charge in [0.2, 0.25) is 0 Å². The van der Waals surface area contributed by atoms with Crippen molar-refractivity contribution in [2.24, 2.45) is 0 Å². The van der Waals surface area contributed by atoms with Crippen LogP contribution in [0, 0.1) is 0 Å². The maximum absolute atomic E-state index is 13.7. The first kappa shape index (κ1) is 27.3. The largest absolute Gasteiger partial charge is 0.297 e. The Bertz CT molecular complexity index is 1750. The highest BCUT2D eigenvalue weighted by molar-refractivity contribution is 7.87.